The number of aromatic nitrogens is 2. The summed E-state index contributed by atoms with van der Waals surface area (Å²) in [6.45, 7) is 3.56. The maximum atomic E-state index is 13.4. The van der Waals surface area contributed by atoms with Crippen LogP contribution in [0.2, 0.25) is 0 Å². The van der Waals surface area contributed by atoms with E-state index < -0.39 is 16.8 Å². The number of nitro benzene ring substituents is 1. The Hall–Kier alpha value is -4.05. The predicted molar refractivity (Wildman–Crippen MR) is 125 cm³/mol. The van der Waals surface area contributed by atoms with Crippen LogP contribution in [0.1, 0.15) is 52.1 Å². The molecule has 3 aromatic rings. The number of hydrogen-bond acceptors (Lipinski definition) is 7. The second-order valence-electron chi connectivity index (χ2n) is 7.87. The Bertz CT molecular complexity index is 1200. The molecule has 10 nitrogen and oxygen atoms in total. The number of hydrogen-bond donors (Lipinski definition) is 2. The molecular formula is C24H25N5O5. The van der Waals surface area contributed by atoms with E-state index in [1.54, 1.807) is 48.0 Å². The summed E-state index contributed by atoms with van der Waals surface area (Å²) in [5.41, 5.74) is 2.36. The zero-order chi connectivity index (χ0) is 24.1. The smallest absolute Gasteiger partial charge is 0.340 e. The number of ether oxygens (including phenoxy) is 1. The van der Waals surface area contributed by atoms with Crippen LogP contribution in [0.25, 0.3) is 5.69 Å². The first-order valence-electron chi connectivity index (χ1n) is 11.1. The lowest BCUT2D eigenvalue weighted by atomic mass is 9.91. The number of nitrogens with one attached hydrogen (secondary N) is 2. The average molecular weight is 463 g/mol. The van der Waals surface area contributed by atoms with Crippen molar-refractivity contribution in [3.8, 4) is 5.69 Å². The van der Waals surface area contributed by atoms with E-state index >= 15 is 0 Å². The van der Waals surface area contributed by atoms with Crippen LogP contribution in [0, 0.1) is 10.1 Å². The maximum Gasteiger partial charge on any atom is 0.340 e. The van der Waals surface area contributed by atoms with Gasteiger partial charge >= 0.3 is 5.97 Å². The minimum absolute atomic E-state index is 0.0205. The molecule has 2 aromatic carbocycles. The van der Waals surface area contributed by atoms with Gasteiger partial charge in [-0.05, 0) is 57.1 Å². The lowest BCUT2D eigenvalue weighted by Crippen LogP contribution is -2.29. The monoisotopic (exact) mass is 463 g/mol. The lowest BCUT2D eigenvalue weighted by molar-refractivity contribution is -0.384. The molecule has 0 spiro atoms. The zero-order valence-electron chi connectivity index (χ0n) is 18.7. The molecule has 1 aliphatic heterocycles. The largest absolute Gasteiger partial charge is 0.462 e. The van der Waals surface area contributed by atoms with Crippen molar-refractivity contribution < 1.29 is 19.2 Å². The number of para-hydroxylation sites is 1. The van der Waals surface area contributed by atoms with E-state index in [9.17, 15) is 19.7 Å². The van der Waals surface area contributed by atoms with Crippen LogP contribution in [-0.4, -0.2) is 46.3 Å². The van der Waals surface area contributed by atoms with Crippen molar-refractivity contribution in [3.63, 3.8) is 0 Å². The number of nitrogens with zero attached hydrogens (tertiary/aromatic N) is 3. The molecule has 0 unspecified atom stereocenters. The molecule has 0 radical (unpaired) electrons. The Kier molecular flexibility index (Phi) is 6.98. The van der Waals surface area contributed by atoms with E-state index in [1.165, 1.54) is 18.3 Å². The van der Waals surface area contributed by atoms with Crippen LogP contribution in [0.15, 0.2) is 54.7 Å². The van der Waals surface area contributed by atoms with Crippen molar-refractivity contribution in [3.05, 3.63) is 81.7 Å². The molecule has 2 N–H and O–H groups in total. The Morgan fingerprint density at radius 1 is 1.15 bits per heavy atom. The first kappa shape index (κ1) is 23.1. The van der Waals surface area contributed by atoms with Gasteiger partial charge in [0.2, 0.25) is 0 Å². The second-order valence-corrected chi connectivity index (χ2v) is 7.87. The molecule has 1 fully saturated rings. The van der Waals surface area contributed by atoms with Crippen molar-refractivity contribution in [2.45, 2.75) is 25.7 Å². The molecule has 176 valence electrons. The number of non-ortho nitro benzene ring substituents is 1. The summed E-state index contributed by atoms with van der Waals surface area (Å²) in [6, 6.07) is 12.7. The molecule has 0 bridgehead atoms. The highest BCUT2D eigenvalue weighted by atomic mass is 16.6. The van der Waals surface area contributed by atoms with E-state index in [0.717, 1.165) is 31.6 Å². The van der Waals surface area contributed by atoms with Gasteiger partial charge in [0.15, 0.2) is 0 Å². The minimum Gasteiger partial charge on any atom is -0.462 e. The average Bonchev–Trinajstić information content (AvgIpc) is 3.30. The zero-order valence-corrected chi connectivity index (χ0v) is 18.7. The van der Waals surface area contributed by atoms with Gasteiger partial charge in [0.1, 0.15) is 0 Å². The van der Waals surface area contributed by atoms with Crippen molar-refractivity contribution in [1.29, 1.82) is 0 Å². The predicted octanol–water partition coefficient (Wildman–Crippen LogP) is 3.68. The van der Waals surface area contributed by atoms with E-state index in [2.05, 4.69) is 15.7 Å². The fraction of sp³-hybridized carbons (Fsp3) is 0.292. The van der Waals surface area contributed by atoms with E-state index in [-0.39, 0.29) is 23.8 Å². The summed E-state index contributed by atoms with van der Waals surface area (Å²) >= 11 is 0. The van der Waals surface area contributed by atoms with Crippen LogP contribution >= 0.6 is 0 Å². The highest BCUT2D eigenvalue weighted by Gasteiger charge is 2.28. The van der Waals surface area contributed by atoms with E-state index in [1.807, 2.05) is 0 Å². The van der Waals surface area contributed by atoms with Crippen molar-refractivity contribution in [2.75, 3.05) is 25.0 Å². The number of rotatable bonds is 7. The molecule has 0 aliphatic carbocycles. The SMILES string of the molecule is CCOC(=O)c1ccccc1NC(=O)c1cnn(-c2ccc([N+](=O)[O-])cc2)c1C1CCNCC1. The van der Waals surface area contributed by atoms with E-state index in [4.69, 9.17) is 4.74 Å². The van der Waals surface area contributed by atoms with Gasteiger partial charge < -0.3 is 15.4 Å². The summed E-state index contributed by atoms with van der Waals surface area (Å²) in [6.07, 6.45) is 3.14. The third-order valence-electron chi connectivity index (χ3n) is 5.75. The summed E-state index contributed by atoms with van der Waals surface area (Å²) in [7, 11) is 0. The van der Waals surface area contributed by atoms with Gasteiger partial charge in [-0.2, -0.15) is 5.10 Å². The molecular weight excluding hydrogens is 438 g/mol. The number of piperidine rings is 1. The Labute approximate surface area is 196 Å². The van der Waals surface area contributed by atoms with Crippen molar-refractivity contribution in [2.24, 2.45) is 0 Å². The van der Waals surface area contributed by atoms with Crippen LogP contribution in [0.4, 0.5) is 11.4 Å². The van der Waals surface area contributed by atoms with Crippen LogP contribution in [-0.2, 0) is 4.74 Å². The number of carbonyl (C=O) groups excluding carboxylic acids is 2. The molecule has 0 atom stereocenters. The standard InChI is InChI=1S/C24H25N5O5/c1-2-34-24(31)19-5-3-4-6-21(19)27-23(30)20-15-26-28(22(20)16-11-13-25-14-12-16)17-7-9-18(10-8-17)29(32)33/h3-10,15-16,25H,2,11-14H2,1H3,(H,27,30). The molecule has 1 amide bonds. The van der Waals surface area contributed by atoms with E-state index in [0.29, 0.717) is 16.9 Å². The topological polar surface area (TPSA) is 128 Å². The fourth-order valence-electron chi connectivity index (χ4n) is 4.11. The normalized spacial score (nSPS) is 13.9. The highest BCUT2D eigenvalue weighted by molar-refractivity contribution is 6.08. The van der Waals surface area contributed by atoms with Gasteiger partial charge in [-0.3, -0.25) is 14.9 Å². The molecule has 4 rings (SSSR count). The molecule has 0 saturated carbocycles. The minimum atomic E-state index is -0.515. The summed E-state index contributed by atoms with van der Waals surface area (Å²) < 4.78 is 6.77. The number of benzene rings is 2. The maximum absolute atomic E-state index is 13.4. The highest BCUT2D eigenvalue weighted by Crippen LogP contribution is 2.31. The van der Waals surface area contributed by atoms with Crippen molar-refractivity contribution in [1.82, 2.24) is 15.1 Å². The van der Waals surface area contributed by atoms with Gasteiger partial charge in [-0.15, -0.1) is 0 Å². The number of carbonyl (C=O) groups is 2. The molecule has 10 heteroatoms. The van der Waals surface area contributed by atoms with Gasteiger partial charge in [-0.1, -0.05) is 12.1 Å². The Morgan fingerprint density at radius 2 is 1.85 bits per heavy atom. The number of esters is 1. The lowest BCUT2D eigenvalue weighted by Gasteiger charge is -2.24. The third kappa shape index (κ3) is 4.81. The Balaban J connectivity index is 1.70. The number of amides is 1. The fourth-order valence-corrected chi connectivity index (χ4v) is 4.11. The van der Waals surface area contributed by atoms with Crippen LogP contribution < -0.4 is 10.6 Å². The first-order valence-corrected chi connectivity index (χ1v) is 11.1. The third-order valence-corrected chi connectivity index (χ3v) is 5.75. The van der Waals surface area contributed by atoms with Crippen LogP contribution in [0.3, 0.4) is 0 Å². The summed E-state index contributed by atoms with van der Waals surface area (Å²) in [5.74, 6) is -0.836. The number of nitro groups is 1. The van der Waals surface area contributed by atoms with Crippen LogP contribution in [0.5, 0.6) is 0 Å². The van der Waals surface area contributed by atoms with Gasteiger partial charge in [0.25, 0.3) is 11.6 Å². The van der Waals surface area contributed by atoms with Crippen molar-refractivity contribution >= 4 is 23.3 Å². The summed E-state index contributed by atoms with van der Waals surface area (Å²) in [5, 5.41) is 21.7. The Morgan fingerprint density at radius 3 is 2.53 bits per heavy atom. The molecule has 1 aliphatic rings. The molecule has 1 saturated heterocycles. The quantitative estimate of drug-likeness (QED) is 0.311. The molecule has 1 aromatic heterocycles. The molecule has 34 heavy (non-hydrogen) atoms. The van der Waals surface area contributed by atoms with Gasteiger partial charge in [0, 0.05) is 18.1 Å². The van der Waals surface area contributed by atoms with Gasteiger partial charge in [0.05, 0.1) is 45.9 Å². The number of anilines is 1. The second kappa shape index (κ2) is 10.3. The van der Waals surface area contributed by atoms with Gasteiger partial charge in [-0.25, -0.2) is 9.48 Å². The summed E-state index contributed by atoms with van der Waals surface area (Å²) in [4.78, 5) is 36.3. The molecule has 2 heterocycles. The first-order chi connectivity index (χ1) is 16.5.